The standard InChI is InChI=1S/C13H12N4OS/c18-12-9-4-7-3-8(7)5-10(9)16-13(19)17(12)6-11-14-1-2-15-11/h1-2,4-5,7-8H,3,6H2,(H,14,15)(H,16,19). The van der Waals surface area contributed by atoms with Gasteiger partial charge >= 0.3 is 0 Å². The van der Waals surface area contributed by atoms with Crippen molar-refractivity contribution in [2.45, 2.75) is 13.0 Å². The molecule has 2 aromatic heterocycles. The van der Waals surface area contributed by atoms with Gasteiger partial charge in [-0.15, -0.1) is 0 Å². The average Bonchev–Trinajstić information content (AvgIpc) is 2.95. The predicted molar refractivity (Wildman–Crippen MR) is 73.4 cm³/mol. The van der Waals surface area contributed by atoms with E-state index < -0.39 is 0 Å². The molecule has 5 nitrogen and oxygen atoms in total. The highest BCUT2D eigenvalue weighted by molar-refractivity contribution is 7.71. The van der Waals surface area contributed by atoms with Gasteiger partial charge in [-0.3, -0.25) is 9.36 Å². The Hall–Kier alpha value is -1.95. The monoisotopic (exact) mass is 272 g/mol. The Morgan fingerprint density at radius 1 is 1.42 bits per heavy atom. The molecule has 0 bridgehead atoms. The van der Waals surface area contributed by atoms with E-state index in [-0.39, 0.29) is 5.56 Å². The first-order valence-corrected chi connectivity index (χ1v) is 6.68. The van der Waals surface area contributed by atoms with E-state index in [0.29, 0.717) is 23.2 Å². The molecule has 6 heteroatoms. The molecular formula is C13H12N4OS. The Labute approximate surface area is 113 Å². The van der Waals surface area contributed by atoms with Gasteiger partial charge in [-0.1, -0.05) is 12.2 Å². The molecule has 1 fully saturated rings. The lowest BCUT2D eigenvalue weighted by molar-refractivity contribution is 0.680. The number of hydrogen-bond acceptors (Lipinski definition) is 3. The predicted octanol–water partition coefficient (Wildman–Crippen LogP) is -0.112. The van der Waals surface area contributed by atoms with Crippen LogP contribution in [0.25, 0.3) is 12.2 Å². The van der Waals surface area contributed by atoms with Gasteiger partial charge in [0.15, 0.2) is 4.77 Å². The maximum Gasteiger partial charge on any atom is 0.262 e. The van der Waals surface area contributed by atoms with E-state index in [4.69, 9.17) is 12.2 Å². The second-order valence-electron chi connectivity index (χ2n) is 5.08. The fourth-order valence-electron chi connectivity index (χ4n) is 2.62. The molecule has 0 amide bonds. The van der Waals surface area contributed by atoms with E-state index in [1.165, 1.54) is 0 Å². The minimum atomic E-state index is -0.0308. The Morgan fingerprint density at radius 3 is 3.05 bits per heavy atom. The Morgan fingerprint density at radius 2 is 2.26 bits per heavy atom. The highest BCUT2D eigenvalue weighted by atomic mass is 32.1. The third-order valence-corrected chi connectivity index (χ3v) is 4.09. The van der Waals surface area contributed by atoms with Crippen LogP contribution >= 0.6 is 12.2 Å². The fraction of sp³-hybridized carbons (Fsp3) is 0.308. The Bertz CT molecular complexity index is 875. The molecule has 2 aliphatic rings. The summed E-state index contributed by atoms with van der Waals surface area (Å²) < 4.78 is 2.00. The highest BCUT2D eigenvalue weighted by Gasteiger charge is 2.35. The van der Waals surface area contributed by atoms with E-state index in [9.17, 15) is 4.79 Å². The first-order valence-electron chi connectivity index (χ1n) is 6.27. The summed E-state index contributed by atoms with van der Waals surface area (Å²) in [5, 5.41) is 1.63. The van der Waals surface area contributed by atoms with E-state index in [0.717, 1.165) is 22.8 Å². The Kier molecular flexibility index (Phi) is 2.17. The van der Waals surface area contributed by atoms with Crippen LogP contribution in [0.3, 0.4) is 0 Å². The molecule has 0 aliphatic heterocycles. The molecular weight excluding hydrogens is 260 g/mol. The lowest BCUT2D eigenvalue weighted by atomic mass is 10.1. The average molecular weight is 272 g/mol. The smallest absolute Gasteiger partial charge is 0.262 e. The van der Waals surface area contributed by atoms with Crippen LogP contribution in [-0.4, -0.2) is 19.5 Å². The van der Waals surface area contributed by atoms with Crippen LogP contribution in [0.15, 0.2) is 17.2 Å². The molecule has 1 saturated carbocycles. The minimum Gasteiger partial charge on any atom is -0.347 e. The lowest BCUT2D eigenvalue weighted by Crippen LogP contribution is -2.48. The first kappa shape index (κ1) is 10.9. The van der Waals surface area contributed by atoms with E-state index in [2.05, 4.69) is 27.1 Å². The molecule has 4 rings (SSSR count). The van der Waals surface area contributed by atoms with Gasteiger partial charge in [-0.05, 0) is 30.5 Å². The number of aromatic nitrogens is 4. The van der Waals surface area contributed by atoms with Crippen LogP contribution in [0.4, 0.5) is 0 Å². The van der Waals surface area contributed by atoms with Crippen LogP contribution in [0, 0.1) is 16.6 Å². The maximum absolute atomic E-state index is 12.5. The number of rotatable bonds is 2. The molecule has 0 spiro atoms. The van der Waals surface area contributed by atoms with Crippen molar-refractivity contribution in [2.24, 2.45) is 11.8 Å². The van der Waals surface area contributed by atoms with Crippen molar-refractivity contribution < 1.29 is 0 Å². The molecule has 2 aliphatic carbocycles. The quantitative estimate of drug-likeness (QED) is 0.750. The molecule has 2 N–H and O–H groups in total. The van der Waals surface area contributed by atoms with Gasteiger partial charge in [-0.2, -0.15) is 0 Å². The van der Waals surface area contributed by atoms with E-state index in [1.807, 2.05) is 0 Å². The summed E-state index contributed by atoms with van der Waals surface area (Å²) >= 11 is 5.28. The molecule has 2 heterocycles. The van der Waals surface area contributed by atoms with Crippen LogP contribution in [-0.2, 0) is 6.54 Å². The molecule has 2 unspecified atom stereocenters. The molecule has 2 atom stereocenters. The van der Waals surface area contributed by atoms with Gasteiger partial charge in [0.1, 0.15) is 5.82 Å². The number of fused-ring (bicyclic) bond motifs is 2. The van der Waals surface area contributed by atoms with E-state index >= 15 is 0 Å². The van der Waals surface area contributed by atoms with Crippen molar-refractivity contribution in [3.8, 4) is 0 Å². The van der Waals surface area contributed by atoms with Gasteiger partial charge in [0.25, 0.3) is 5.56 Å². The SMILES string of the molecule is O=c1c2c([nH]c(=S)n1Cc1ncc[nH]1)=CC1CC1C=2. The zero-order valence-corrected chi connectivity index (χ0v) is 10.9. The number of aromatic amines is 2. The third-order valence-electron chi connectivity index (χ3n) is 3.77. The molecule has 19 heavy (non-hydrogen) atoms. The summed E-state index contributed by atoms with van der Waals surface area (Å²) in [6.45, 7) is 0.371. The maximum atomic E-state index is 12.5. The highest BCUT2D eigenvalue weighted by Crippen LogP contribution is 2.41. The number of H-pyrrole nitrogens is 2. The molecule has 0 saturated heterocycles. The van der Waals surface area contributed by atoms with Crippen molar-refractivity contribution in [3.05, 3.63) is 43.9 Å². The summed E-state index contributed by atoms with van der Waals surface area (Å²) in [7, 11) is 0. The van der Waals surface area contributed by atoms with Crippen LogP contribution in [0.5, 0.6) is 0 Å². The Balaban J connectivity index is 1.94. The molecule has 96 valence electrons. The number of nitrogens with one attached hydrogen (secondary N) is 2. The summed E-state index contributed by atoms with van der Waals surface area (Å²) in [4.78, 5) is 22.8. The first-order chi connectivity index (χ1) is 9.22. The minimum absolute atomic E-state index is 0.0308. The summed E-state index contributed by atoms with van der Waals surface area (Å²) in [6, 6.07) is 0. The number of hydrogen-bond donors (Lipinski definition) is 2. The topological polar surface area (TPSA) is 66.5 Å². The van der Waals surface area contributed by atoms with Gasteiger partial charge in [0.05, 0.1) is 11.8 Å². The molecule has 0 radical (unpaired) electrons. The van der Waals surface area contributed by atoms with Gasteiger partial charge in [0, 0.05) is 17.7 Å². The summed E-state index contributed by atoms with van der Waals surface area (Å²) in [5.74, 6) is 1.87. The van der Waals surface area contributed by atoms with Gasteiger partial charge in [0.2, 0.25) is 0 Å². The van der Waals surface area contributed by atoms with Gasteiger partial charge in [-0.25, -0.2) is 4.98 Å². The zero-order valence-electron chi connectivity index (χ0n) is 10.1. The summed E-state index contributed by atoms with van der Waals surface area (Å²) in [6.07, 6.45) is 8.76. The van der Waals surface area contributed by atoms with Crippen LogP contribution < -0.4 is 16.1 Å². The number of nitrogens with zero attached hydrogens (tertiary/aromatic N) is 2. The van der Waals surface area contributed by atoms with Crippen molar-refractivity contribution in [1.82, 2.24) is 19.5 Å². The van der Waals surface area contributed by atoms with Gasteiger partial charge < -0.3 is 9.97 Å². The van der Waals surface area contributed by atoms with Crippen molar-refractivity contribution >= 4 is 24.4 Å². The van der Waals surface area contributed by atoms with Crippen molar-refractivity contribution in [3.63, 3.8) is 0 Å². The van der Waals surface area contributed by atoms with Crippen LogP contribution in [0.2, 0.25) is 0 Å². The largest absolute Gasteiger partial charge is 0.347 e. The fourth-order valence-corrected chi connectivity index (χ4v) is 2.88. The second-order valence-corrected chi connectivity index (χ2v) is 5.47. The molecule has 2 aromatic rings. The summed E-state index contributed by atoms with van der Waals surface area (Å²) in [5.41, 5.74) is -0.0308. The third kappa shape index (κ3) is 1.71. The van der Waals surface area contributed by atoms with Crippen molar-refractivity contribution in [2.75, 3.05) is 0 Å². The van der Waals surface area contributed by atoms with E-state index in [1.54, 1.807) is 17.0 Å². The molecule has 0 aromatic carbocycles. The zero-order chi connectivity index (χ0) is 13.0. The normalized spacial score (nSPS) is 22.9. The second kappa shape index (κ2) is 3.77. The van der Waals surface area contributed by atoms with Crippen molar-refractivity contribution in [1.29, 1.82) is 0 Å². The van der Waals surface area contributed by atoms with Crippen LogP contribution in [0.1, 0.15) is 12.2 Å². The lowest BCUT2D eigenvalue weighted by Gasteiger charge is -2.06. The number of imidazole rings is 1.